The second kappa shape index (κ2) is 9.09. The number of rotatable bonds is 6. The maximum atomic E-state index is 14.5. The van der Waals surface area contributed by atoms with Crippen molar-refractivity contribution < 1.29 is 4.39 Å². The first-order valence-corrected chi connectivity index (χ1v) is 9.26. The Balaban J connectivity index is 1.70. The lowest BCUT2D eigenvalue weighted by molar-refractivity contribution is 0.631. The number of hydrogen-bond acceptors (Lipinski definition) is 1. The highest BCUT2D eigenvalue weighted by Crippen LogP contribution is 2.26. The fourth-order valence-electron chi connectivity index (χ4n) is 2.89. The van der Waals surface area contributed by atoms with Gasteiger partial charge in [0.15, 0.2) is 0 Å². The minimum atomic E-state index is -0.257. The van der Waals surface area contributed by atoms with Crippen LogP contribution < -0.4 is 0 Å². The van der Waals surface area contributed by atoms with Gasteiger partial charge in [-0.05, 0) is 55.5 Å². The standard InChI is InChI=1S/C25H24FN/c1-3-4-5-6-20-9-11-21(12-10-20)18-27-23-15-16-24(25(26)17-23)22-13-7-19(2)8-14-22/h3-4,7-18H,5-6H2,1-2H3/b4-3+,27-18?. The van der Waals surface area contributed by atoms with Gasteiger partial charge in [-0.2, -0.15) is 0 Å². The topological polar surface area (TPSA) is 12.4 Å². The molecule has 2 heteroatoms. The van der Waals surface area contributed by atoms with E-state index in [2.05, 4.69) is 29.3 Å². The van der Waals surface area contributed by atoms with Crippen LogP contribution in [0.5, 0.6) is 0 Å². The lowest BCUT2D eigenvalue weighted by Crippen LogP contribution is -1.87. The van der Waals surface area contributed by atoms with Gasteiger partial charge in [0, 0.05) is 17.8 Å². The van der Waals surface area contributed by atoms with Crippen molar-refractivity contribution in [1.29, 1.82) is 0 Å². The maximum absolute atomic E-state index is 14.5. The van der Waals surface area contributed by atoms with Crippen LogP contribution in [0.3, 0.4) is 0 Å². The molecule has 0 saturated carbocycles. The Hall–Kier alpha value is -3.00. The van der Waals surface area contributed by atoms with Crippen LogP contribution in [0.15, 0.2) is 83.9 Å². The van der Waals surface area contributed by atoms with E-state index in [4.69, 9.17) is 0 Å². The van der Waals surface area contributed by atoms with Crippen LogP contribution in [0.4, 0.5) is 10.1 Å². The molecule has 136 valence electrons. The normalized spacial score (nSPS) is 11.5. The molecule has 1 nitrogen and oxygen atoms in total. The van der Waals surface area contributed by atoms with Gasteiger partial charge >= 0.3 is 0 Å². The molecule has 3 aromatic carbocycles. The van der Waals surface area contributed by atoms with Crippen LogP contribution in [0.2, 0.25) is 0 Å². The summed E-state index contributed by atoms with van der Waals surface area (Å²) in [5.41, 5.74) is 5.56. The molecule has 0 aliphatic heterocycles. The van der Waals surface area contributed by atoms with E-state index < -0.39 is 0 Å². The van der Waals surface area contributed by atoms with Crippen molar-refractivity contribution >= 4 is 11.9 Å². The zero-order chi connectivity index (χ0) is 19.1. The third-order valence-corrected chi connectivity index (χ3v) is 4.49. The monoisotopic (exact) mass is 357 g/mol. The first kappa shape index (κ1) is 18.8. The summed E-state index contributed by atoms with van der Waals surface area (Å²) in [5, 5.41) is 0. The zero-order valence-electron chi connectivity index (χ0n) is 15.8. The number of benzene rings is 3. The first-order valence-electron chi connectivity index (χ1n) is 9.26. The second-order valence-corrected chi connectivity index (χ2v) is 6.64. The number of aliphatic imine (C=N–C) groups is 1. The molecule has 0 saturated heterocycles. The second-order valence-electron chi connectivity index (χ2n) is 6.64. The molecule has 3 aromatic rings. The smallest absolute Gasteiger partial charge is 0.133 e. The summed E-state index contributed by atoms with van der Waals surface area (Å²) in [6.07, 6.45) is 8.11. The van der Waals surface area contributed by atoms with E-state index >= 15 is 0 Å². The highest BCUT2D eigenvalue weighted by Gasteiger charge is 2.05. The Morgan fingerprint density at radius 2 is 1.67 bits per heavy atom. The average molecular weight is 357 g/mol. The molecule has 0 radical (unpaired) electrons. The highest BCUT2D eigenvalue weighted by molar-refractivity contribution is 5.82. The molecular weight excluding hydrogens is 333 g/mol. The van der Waals surface area contributed by atoms with E-state index in [1.54, 1.807) is 12.3 Å². The van der Waals surface area contributed by atoms with Crippen molar-refractivity contribution in [2.24, 2.45) is 4.99 Å². The molecular formula is C25H24FN. The van der Waals surface area contributed by atoms with Gasteiger partial charge in [-0.3, -0.25) is 4.99 Å². The van der Waals surface area contributed by atoms with Gasteiger partial charge < -0.3 is 0 Å². The van der Waals surface area contributed by atoms with Gasteiger partial charge in [-0.25, -0.2) is 4.39 Å². The van der Waals surface area contributed by atoms with Gasteiger partial charge in [0.1, 0.15) is 5.82 Å². The third-order valence-electron chi connectivity index (χ3n) is 4.49. The molecule has 0 bridgehead atoms. The van der Waals surface area contributed by atoms with Crippen LogP contribution in [0.1, 0.15) is 30.0 Å². The van der Waals surface area contributed by atoms with Gasteiger partial charge in [0.05, 0.1) is 5.69 Å². The SMILES string of the molecule is C/C=C/CCc1ccc(C=Nc2ccc(-c3ccc(C)cc3)c(F)c2)cc1. The number of aryl methyl sites for hydroxylation is 2. The quantitative estimate of drug-likeness (QED) is 0.331. The van der Waals surface area contributed by atoms with Crippen molar-refractivity contribution in [2.45, 2.75) is 26.7 Å². The zero-order valence-corrected chi connectivity index (χ0v) is 15.8. The Kier molecular flexibility index (Phi) is 6.32. The highest BCUT2D eigenvalue weighted by atomic mass is 19.1. The minimum Gasteiger partial charge on any atom is -0.256 e. The van der Waals surface area contributed by atoms with E-state index in [9.17, 15) is 4.39 Å². The lowest BCUT2D eigenvalue weighted by atomic mass is 10.0. The van der Waals surface area contributed by atoms with Crippen molar-refractivity contribution in [3.05, 3.63) is 101 Å². The number of nitrogens with zero attached hydrogens (tertiary/aromatic N) is 1. The molecule has 0 unspecified atom stereocenters. The van der Waals surface area contributed by atoms with Gasteiger partial charge in [-0.15, -0.1) is 0 Å². The van der Waals surface area contributed by atoms with Crippen molar-refractivity contribution in [1.82, 2.24) is 0 Å². The molecule has 27 heavy (non-hydrogen) atoms. The molecule has 0 spiro atoms. The lowest BCUT2D eigenvalue weighted by Gasteiger charge is -2.05. The fourth-order valence-corrected chi connectivity index (χ4v) is 2.89. The summed E-state index contributed by atoms with van der Waals surface area (Å²) in [4.78, 5) is 4.42. The number of allylic oxidation sites excluding steroid dienone is 2. The van der Waals surface area contributed by atoms with Crippen LogP contribution in [0, 0.1) is 12.7 Å². The Morgan fingerprint density at radius 1 is 0.926 bits per heavy atom. The summed E-state index contributed by atoms with van der Waals surface area (Å²) in [5.74, 6) is -0.257. The van der Waals surface area contributed by atoms with Crippen molar-refractivity contribution in [3.63, 3.8) is 0 Å². The van der Waals surface area contributed by atoms with E-state index in [0.29, 0.717) is 11.3 Å². The Morgan fingerprint density at radius 3 is 2.33 bits per heavy atom. The predicted octanol–water partition coefficient (Wildman–Crippen LogP) is 7.06. The van der Waals surface area contributed by atoms with Crippen LogP contribution in [0.25, 0.3) is 11.1 Å². The summed E-state index contributed by atoms with van der Waals surface area (Å²) in [6.45, 7) is 4.06. The van der Waals surface area contributed by atoms with Gasteiger partial charge in [-0.1, -0.05) is 66.2 Å². The third kappa shape index (κ3) is 5.24. The van der Waals surface area contributed by atoms with Gasteiger partial charge in [0.25, 0.3) is 0 Å². The summed E-state index contributed by atoms with van der Waals surface area (Å²) in [7, 11) is 0. The minimum absolute atomic E-state index is 0.257. The maximum Gasteiger partial charge on any atom is 0.133 e. The number of hydrogen-bond donors (Lipinski definition) is 0. The predicted molar refractivity (Wildman–Crippen MR) is 113 cm³/mol. The summed E-state index contributed by atoms with van der Waals surface area (Å²) in [6, 6.07) is 21.3. The van der Waals surface area contributed by atoms with Crippen LogP contribution in [-0.2, 0) is 6.42 Å². The first-order chi connectivity index (χ1) is 13.2. The molecule has 0 atom stereocenters. The van der Waals surface area contributed by atoms with E-state index in [0.717, 1.165) is 29.5 Å². The summed E-state index contributed by atoms with van der Waals surface area (Å²) < 4.78 is 14.5. The molecule has 0 amide bonds. The number of halogens is 1. The van der Waals surface area contributed by atoms with Crippen molar-refractivity contribution in [3.8, 4) is 11.1 Å². The molecule has 0 aromatic heterocycles. The molecule has 0 aliphatic carbocycles. The van der Waals surface area contributed by atoms with Crippen molar-refractivity contribution in [2.75, 3.05) is 0 Å². The van der Waals surface area contributed by atoms with E-state index in [1.807, 2.05) is 56.3 Å². The molecule has 3 rings (SSSR count). The van der Waals surface area contributed by atoms with Crippen LogP contribution >= 0.6 is 0 Å². The van der Waals surface area contributed by atoms with Gasteiger partial charge in [0.2, 0.25) is 0 Å². The van der Waals surface area contributed by atoms with Crippen LogP contribution in [-0.4, -0.2) is 6.21 Å². The molecule has 0 N–H and O–H groups in total. The average Bonchev–Trinajstić information content (AvgIpc) is 2.68. The van der Waals surface area contributed by atoms with E-state index in [-0.39, 0.29) is 5.82 Å². The van der Waals surface area contributed by atoms with E-state index in [1.165, 1.54) is 11.6 Å². The fraction of sp³-hybridized carbons (Fsp3) is 0.160. The molecule has 0 fully saturated rings. The molecule has 0 heterocycles. The Bertz CT molecular complexity index is 935. The molecule has 0 aliphatic rings. The Labute approximate surface area is 160 Å². The largest absolute Gasteiger partial charge is 0.256 e. The summed E-state index contributed by atoms with van der Waals surface area (Å²) >= 11 is 0.